The molecule has 0 radical (unpaired) electrons. The van der Waals surface area contributed by atoms with Crippen molar-refractivity contribution in [1.29, 1.82) is 0 Å². The van der Waals surface area contributed by atoms with E-state index in [2.05, 4.69) is 14.7 Å². The summed E-state index contributed by atoms with van der Waals surface area (Å²) in [6.45, 7) is 3.26. The summed E-state index contributed by atoms with van der Waals surface area (Å²) < 4.78 is 35.2. The Morgan fingerprint density at radius 3 is 2.83 bits per heavy atom. The van der Waals surface area contributed by atoms with Crippen LogP contribution in [0.15, 0.2) is 46.2 Å². The SMILES string of the molecule is Cc1cc(Oc2cccc(F)c2F)ccc1Nc1s[nH]c(=O)c1C(N)=NC(C)CO. The van der Waals surface area contributed by atoms with Gasteiger partial charge in [-0.15, -0.1) is 0 Å². The maximum atomic E-state index is 13.8. The summed E-state index contributed by atoms with van der Waals surface area (Å²) in [6.07, 6.45) is 0. The number of aliphatic hydroxyl groups is 1. The second kappa shape index (κ2) is 9.06. The molecule has 0 saturated heterocycles. The molecule has 3 aromatic rings. The number of aromatic amines is 1. The van der Waals surface area contributed by atoms with Gasteiger partial charge in [0, 0.05) is 5.69 Å². The van der Waals surface area contributed by atoms with Gasteiger partial charge in [-0.3, -0.25) is 14.2 Å². The molecule has 0 spiro atoms. The van der Waals surface area contributed by atoms with Gasteiger partial charge in [-0.1, -0.05) is 6.07 Å². The van der Waals surface area contributed by atoms with Crippen molar-refractivity contribution >= 4 is 28.1 Å². The van der Waals surface area contributed by atoms with Crippen LogP contribution in [0.3, 0.4) is 0 Å². The number of rotatable bonds is 7. The molecule has 0 bridgehead atoms. The van der Waals surface area contributed by atoms with Crippen molar-refractivity contribution in [2.45, 2.75) is 19.9 Å². The van der Waals surface area contributed by atoms with E-state index in [1.165, 1.54) is 12.1 Å². The third-order valence-electron chi connectivity index (χ3n) is 4.17. The molecule has 7 nitrogen and oxygen atoms in total. The van der Waals surface area contributed by atoms with Gasteiger partial charge in [0.25, 0.3) is 5.56 Å². The number of hydrogen-bond acceptors (Lipinski definition) is 6. The first-order valence-electron chi connectivity index (χ1n) is 8.95. The molecule has 158 valence electrons. The van der Waals surface area contributed by atoms with Gasteiger partial charge < -0.3 is 20.9 Å². The number of ether oxygens (including phenoxy) is 1. The van der Waals surface area contributed by atoms with Crippen LogP contribution >= 0.6 is 11.5 Å². The van der Waals surface area contributed by atoms with E-state index in [-0.39, 0.29) is 23.8 Å². The zero-order chi connectivity index (χ0) is 21.8. The molecule has 0 aliphatic heterocycles. The summed E-state index contributed by atoms with van der Waals surface area (Å²) in [6, 6.07) is 8.16. The van der Waals surface area contributed by atoms with Crippen molar-refractivity contribution in [1.82, 2.24) is 4.37 Å². The normalized spacial score (nSPS) is 12.6. The van der Waals surface area contributed by atoms with Gasteiger partial charge in [0.05, 0.1) is 12.6 Å². The van der Waals surface area contributed by atoms with E-state index in [4.69, 9.17) is 15.6 Å². The molecule has 1 unspecified atom stereocenters. The number of aryl methyl sites for hydroxylation is 1. The first-order valence-corrected chi connectivity index (χ1v) is 9.77. The predicted molar refractivity (Wildman–Crippen MR) is 113 cm³/mol. The van der Waals surface area contributed by atoms with Crippen molar-refractivity contribution in [3.8, 4) is 11.5 Å². The minimum Gasteiger partial charge on any atom is -0.454 e. The number of aliphatic hydroxyl groups excluding tert-OH is 1. The Hall–Kier alpha value is -3.24. The van der Waals surface area contributed by atoms with Crippen LogP contribution in [0.1, 0.15) is 18.1 Å². The molecule has 3 rings (SSSR count). The van der Waals surface area contributed by atoms with E-state index in [0.29, 0.717) is 16.4 Å². The van der Waals surface area contributed by atoms with Crippen LogP contribution in [-0.2, 0) is 0 Å². The van der Waals surface area contributed by atoms with Crippen molar-refractivity contribution < 1.29 is 18.6 Å². The first kappa shape index (κ1) is 21.5. The average molecular weight is 434 g/mol. The Bertz CT molecular complexity index is 1140. The molecule has 5 N–H and O–H groups in total. The second-order valence-electron chi connectivity index (χ2n) is 6.54. The zero-order valence-corrected chi connectivity index (χ0v) is 17.0. The third kappa shape index (κ3) is 4.66. The summed E-state index contributed by atoms with van der Waals surface area (Å²) in [5.74, 6) is -1.94. The van der Waals surface area contributed by atoms with Crippen molar-refractivity contribution in [3.05, 3.63) is 69.5 Å². The fraction of sp³-hybridized carbons (Fsp3) is 0.200. The number of aromatic nitrogens is 1. The predicted octanol–water partition coefficient (Wildman–Crippen LogP) is 3.65. The smallest absolute Gasteiger partial charge is 0.271 e. The standard InChI is InChI=1S/C20H20F2N4O3S/c1-10-8-12(29-15-5-3-4-13(21)17(15)22)6-7-14(10)25-20-16(19(28)26-30-20)18(23)24-11(2)9-27/h3-8,11,25,27H,9H2,1-2H3,(H2,23,24)(H,26,28). The lowest BCUT2D eigenvalue weighted by Crippen LogP contribution is -2.24. The number of nitrogens with zero attached hydrogens (tertiary/aromatic N) is 1. The number of aliphatic imine (C=N–C) groups is 1. The van der Waals surface area contributed by atoms with Gasteiger partial charge in [0.15, 0.2) is 11.6 Å². The van der Waals surface area contributed by atoms with Crippen LogP contribution in [0.25, 0.3) is 0 Å². The minimum atomic E-state index is -1.06. The maximum Gasteiger partial charge on any atom is 0.271 e. The average Bonchev–Trinajstić information content (AvgIpc) is 3.07. The van der Waals surface area contributed by atoms with Gasteiger partial charge in [-0.25, -0.2) is 4.39 Å². The van der Waals surface area contributed by atoms with Crippen molar-refractivity contribution in [3.63, 3.8) is 0 Å². The molecule has 1 aromatic heterocycles. The van der Waals surface area contributed by atoms with Gasteiger partial charge >= 0.3 is 0 Å². The van der Waals surface area contributed by atoms with Crippen LogP contribution in [0, 0.1) is 18.6 Å². The van der Waals surface area contributed by atoms with Gasteiger partial charge in [-0.05, 0) is 61.3 Å². The minimum absolute atomic E-state index is 0.0146. The van der Waals surface area contributed by atoms with Crippen molar-refractivity contribution in [2.24, 2.45) is 10.7 Å². The van der Waals surface area contributed by atoms with E-state index in [0.717, 1.165) is 23.2 Å². The topological polar surface area (TPSA) is 113 Å². The molecule has 2 aromatic carbocycles. The summed E-state index contributed by atoms with van der Waals surface area (Å²) in [5, 5.41) is 12.7. The Morgan fingerprint density at radius 2 is 2.13 bits per heavy atom. The number of amidine groups is 1. The Labute approximate surface area is 175 Å². The molecule has 30 heavy (non-hydrogen) atoms. The third-order valence-corrected chi connectivity index (χ3v) is 4.97. The molecular formula is C20H20F2N4O3S. The fourth-order valence-electron chi connectivity index (χ4n) is 2.62. The number of nitrogens with two attached hydrogens (primary N) is 1. The molecule has 0 aliphatic carbocycles. The maximum absolute atomic E-state index is 13.8. The number of H-pyrrole nitrogens is 1. The van der Waals surface area contributed by atoms with Gasteiger partial charge in [0.1, 0.15) is 22.1 Å². The number of nitrogens with one attached hydrogen (secondary N) is 2. The summed E-state index contributed by atoms with van der Waals surface area (Å²) in [5.41, 5.74) is 7.12. The van der Waals surface area contributed by atoms with Gasteiger partial charge in [0.2, 0.25) is 5.82 Å². The van der Waals surface area contributed by atoms with Crippen LogP contribution in [-0.4, -0.2) is 28.0 Å². The van der Waals surface area contributed by atoms with E-state index in [1.807, 2.05) is 0 Å². The largest absolute Gasteiger partial charge is 0.454 e. The highest BCUT2D eigenvalue weighted by molar-refractivity contribution is 7.10. The van der Waals surface area contributed by atoms with E-state index in [1.54, 1.807) is 32.0 Å². The highest BCUT2D eigenvalue weighted by Gasteiger charge is 2.17. The summed E-state index contributed by atoms with van der Waals surface area (Å²) in [7, 11) is 0. The second-order valence-corrected chi connectivity index (χ2v) is 7.36. The van der Waals surface area contributed by atoms with Crippen LogP contribution in [0.5, 0.6) is 11.5 Å². The quantitative estimate of drug-likeness (QED) is 0.335. The number of anilines is 2. The molecule has 1 atom stereocenters. The molecule has 0 amide bonds. The molecule has 1 heterocycles. The van der Waals surface area contributed by atoms with E-state index >= 15 is 0 Å². The summed E-state index contributed by atoms with van der Waals surface area (Å²) in [4.78, 5) is 16.3. The highest BCUT2D eigenvalue weighted by Crippen LogP contribution is 2.31. The van der Waals surface area contributed by atoms with E-state index < -0.39 is 23.2 Å². The number of benzene rings is 2. The molecule has 0 fully saturated rings. The van der Waals surface area contributed by atoms with Crippen LogP contribution in [0.2, 0.25) is 0 Å². The molecule has 10 heteroatoms. The fourth-order valence-corrected chi connectivity index (χ4v) is 3.38. The first-order chi connectivity index (χ1) is 14.3. The van der Waals surface area contributed by atoms with E-state index in [9.17, 15) is 13.6 Å². The lowest BCUT2D eigenvalue weighted by atomic mass is 10.2. The monoisotopic (exact) mass is 434 g/mol. The highest BCUT2D eigenvalue weighted by atomic mass is 32.1. The Kier molecular flexibility index (Phi) is 6.48. The van der Waals surface area contributed by atoms with Gasteiger partial charge in [-0.2, -0.15) is 4.39 Å². The number of hydrogen-bond donors (Lipinski definition) is 4. The molecular weight excluding hydrogens is 414 g/mol. The lowest BCUT2D eigenvalue weighted by molar-refractivity contribution is 0.274. The molecule has 0 saturated carbocycles. The Balaban J connectivity index is 1.85. The zero-order valence-electron chi connectivity index (χ0n) is 16.2. The van der Waals surface area contributed by atoms with Crippen LogP contribution < -0.4 is 21.3 Å². The number of halogens is 2. The Morgan fingerprint density at radius 1 is 1.37 bits per heavy atom. The van der Waals surface area contributed by atoms with Crippen molar-refractivity contribution in [2.75, 3.05) is 11.9 Å². The van der Waals surface area contributed by atoms with Crippen LogP contribution in [0.4, 0.5) is 19.5 Å². The molecule has 0 aliphatic rings. The lowest BCUT2D eigenvalue weighted by Gasteiger charge is -2.12. The summed E-state index contributed by atoms with van der Waals surface area (Å²) >= 11 is 1.06.